The van der Waals surface area contributed by atoms with Gasteiger partial charge in [-0.2, -0.15) is 0 Å². The molecule has 0 aliphatic carbocycles. The van der Waals surface area contributed by atoms with Gasteiger partial charge in [-0.3, -0.25) is 4.79 Å². The van der Waals surface area contributed by atoms with Crippen molar-refractivity contribution in [1.29, 1.82) is 0 Å². The first kappa shape index (κ1) is 15.3. The van der Waals surface area contributed by atoms with Crippen molar-refractivity contribution >= 4 is 27.6 Å². The van der Waals surface area contributed by atoms with Gasteiger partial charge in [0, 0.05) is 11.9 Å². The summed E-state index contributed by atoms with van der Waals surface area (Å²) in [5.41, 5.74) is 2.30. The Morgan fingerprint density at radius 1 is 1.04 bits per heavy atom. The highest BCUT2D eigenvalue weighted by Crippen LogP contribution is 2.25. The molecule has 0 radical (unpaired) electrons. The van der Waals surface area contributed by atoms with Gasteiger partial charge in [0.15, 0.2) is 0 Å². The monoisotopic (exact) mass is 331 g/mol. The lowest BCUT2D eigenvalue weighted by atomic mass is 10.1. The van der Waals surface area contributed by atoms with E-state index in [-0.39, 0.29) is 11.7 Å². The molecule has 0 spiro atoms. The minimum absolute atomic E-state index is 0.145. The zero-order valence-corrected chi connectivity index (χ0v) is 13.7. The molecule has 1 aromatic heterocycles. The number of fused-ring (bicyclic) bond motifs is 2. The molecule has 25 heavy (non-hydrogen) atoms. The summed E-state index contributed by atoms with van der Waals surface area (Å²) < 4.78 is 5.66. The first-order valence-corrected chi connectivity index (χ1v) is 8.10. The van der Waals surface area contributed by atoms with E-state index >= 15 is 0 Å². The lowest BCUT2D eigenvalue weighted by Crippen LogP contribution is -2.23. The number of furan rings is 1. The molecule has 0 fully saturated rings. The molecule has 1 amide bonds. The van der Waals surface area contributed by atoms with E-state index in [2.05, 4.69) is 5.32 Å². The summed E-state index contributed by atoms with van der Waals surface area (Å²) in [5.74, 6) is 0.719. The van der Waals surface area contributed by atoms with Crippen molar-refractivity contribution in [2.45, 2.75) is 13.5 Å². The fraction of sp³-hybridized carbons (Fsp3) is 0.0952. The molecule has 1 heterocycles. The minimum atomic E-state index is -0.145. The Morgan fingerprint density at radius 2 is 1.80 bits per heavy atom. The number of aryl methyl sites for hydroxylation is 1. The normalized spacial score (nSPS) is 11.1. The van der Waals surface area contributed by atoms with Crippen molar-refractivity contribution in [3.05, 3.63) is 77.6 Å². The standard InChI is InChI=1S/C21H17NO3/c1-13-20(18-4-2-3-5-19(18)25-13)21(24)22-12-14-6-7-16-11-17(23)9-8-15(16)10-14/h2-11,23H,12H2,1H3,(H,22,24). The molecule has 4 aromatic rings. The van der Waals surface area contributed by atoms with Gasteiger partial charge in [0.25, 0.3) is 5.91 Å². The molecular formula is C21H17NO3. The summed E-state index contributed by atoms with van der Waals surface area (Å²) in [6.45, 7) is 2.23. The molecule has 0 aliphatic rings. The Bertz CT molecular complexity index is 1090. The second kappa shape index (κ2) is 5.98. The summed E-state index contributed by atoms with van der Waals surface area (Å²) in [6, 6.07) is 18.7. The predicted octanol–water partition coefficient (Wildman–Crippen LogP) is 4.53. The van der Waals surface area contributed by atoms with Gasteiger partial charge in [0.2, 0.25) is 0 Å². The summed E-state index contributed by atoms with van der Waals surface area (Å²) in [7, 11) is 0. The van der Waals surface area contributed by atoms with Crippen molar-refractivity contribution in [3.63, 3.8) is 0 Å². The molecule has 0 saturated heterocycles. The molecule has 0 bridgehead atoms. The van der Waals surface area contributed by atoms with Gasteiger partial charge >= 0.3 is 0 Å². The number of carbonyl (C=O) groups excluding carboxylic acids is 1. The third-order valence-electron chi connectivity index (χ3n) is 4.34. The zero-order valence-electron chi connectivity index (χ0n) is 13.7. The van der Waals surface area contributed by atoms with Gasteiger partial charge in [-0.15, -0.1) is 0 Å². The van der Waals surface area contributed by atoms with E-state index in [1.165, 1.54) is 0 Å². The Balaban J connectivity index is 1.57. The predicted molar refractivity (Wildman–Crippen MR) is 97.7 cm³/mol. The van der Waals surface area contributed by atoms with Crippen LogP contribution in [-0.4, -0.2) is 11.0 Å². The van der Waals surface area contributed by atoms with E-state index in [1.807, 2.05) is 48.5 Å². The number of carbonyl (C=O) groups is 1. The number of phenols is 1. The molecule has 0 atom stereocenters. The molecule has 4 nitrogen and oxygen atoms in total. The fourth-order valence-electron chi connectivity index (χ4n) is 3.11. The lowest BCUT2D eigenvalue weighted by Gasteiger charge is -2.07. The number of rotatable bonds is 3. The van der Waals surface area contributed by atoms with Crippen LogP contribution in [0.5, 0.6) is 5.75 Å². The number of hydrogen-bond acceptors (Lipinski definition) is 3. The molecule has 124 valence electrons. The first-order chi connectivity index (χ1) is 12.1. The van der Waals surface area contributed by atoms with Crippen LogP contribution in [0.2, 0.25) is 0 Å². The van der Waals surface area contributed by atoms with Crippen molar-refractivity contribution in [2.24, 2.45) is 0 Å². The number of aromatic hydroxyl groups is 1. The summed E-state index contributed by atoms with van der Waals surface area (Å²) >= 11 is 0. The lowest BCUT2D eigenvalue weighted by molar-refractivity contribution is 0.0951. The first-order valence-electron chi connectivity index (χ1n) is 8.10. The molecule has 0 saturated carbocycles. The quantitative estimate of drug-likeness (QED) is 0.580. The van der Waals surface area contributed by atoms with E-state index in [0.29, 0.717) is 17.9 Å². The number of phenolic OH excluding ortho intramolecular Hbond substituents is 1. The van der Waals surface area contributed by atoms with E-state index in [0.717, 1.165) is 27.3 Å². The van der Waals surface area contributed by atoms with Gasteiger partial charge < -0.3 is 14.8 Å². The SMILES string of the molecule is Cc1oc2ccccc2c1C(=O)NCc1ccc2cc(O)ccc2c1. The smallest absolute Gasteiger partial charge is 0.255 e. The third kappa shape index (κ3) is 2.83. The van der Waals surface area contributed by atoms with Crippen LogP contribution < -0.4 is 5.32 Å². The topological polar surface area (TPSA) is 62.5 Å². The highest BCUT2D eigenvalue weighted by molar-refractivity contribution is 6.07. The van der Waals surface area contributed by atoms with Crippen LogP contribution in [-0.2, 0) is 6.54 Å². The van der Waals surface area contributed by atoms with Crippen LogP contribution in [0.1, 0.15) is 21.7 Å². The zero-order chi connectivity index (χ0) is 17.4. The van der Waals surface area contributed by atoms with E-state index < -0.39 is 0 Å². The van der Waals surface area contributed by atoms with E-state index in [1.54, 1.807) is 19.1 Å². The number of amides is 1. The average Bonchev–Trinajstić information content (AvgIpc) is 2.95. The number of hydrogen-bond donors (Lipinski definition) is 2. The Labute approximate surface area is 144 Å². The Kier molecular flexibility index (Phi) is 3.65. The molecule has 4 heteroatoms. The average molecular weight is 331 g/mol. The highest BCUT2D eigenvalue weighted by Gasteiger charge is 2.17. The number of para-hydroxylation sites is 1. The Morgan fingerprint density at radius 3 is 2.68 bits per heavy atom. The van der Waals surface area contributed by atoms with E-state index in [9.17, 15) is 9.90 Å². The van der Waals surface area contributed by atoms with Crippen LogP contribution in [0.3, 0.4) is 0 Å². The van der Waals surface area contributed by atoms with Crippen molar-refractivity contribution < 1.29 is 14.3 Å². The van der Waals surface area contributed by atoms with Crippen molar-refractivity contribution in [3.8, 4) is 5.75 Å². The van der Waals surface area contributed by atoms with Crippen LogP contribution in [0.4, 0.5) is 0 Å². The van der Waals surface area contributed by atoms with Gasteiger partial charge in [-0.1, -0.05) is 36.4 Å². The molecule has 2 N–H and O–H groups in total. The van der Waals surface area contributed by atoms with Gasteiger partial charge in [0.05, 0.1) is 5.56 Å². The maximum absolute atomic E-state index is 12.6. The second-order valence-corrected chi connectivity index (χ2v) is 6.08. The fourth-order valence-corrected chi connectivity index (χ4v) is 3.11. The number of nitrogens with one attached hydrogen (secondary N) is 1. The molecule has 3 aromatic carbocycles. The largest absolute Gasteiger partial charge is 0.508 e. The summed E-state index contributed by atoms with van der Waals surface area (Å²) in [5, 5.41) is 15.3. The van der Waals surface area contributed by atoms with E-state index in [4.69, 9.17) is 4.42 Å². The maximum Gasteiger partial charge on any atom is 0.255 e. The van der Waals surface area contributed by atoms with Crippen molar-refractivity contribution in [2.75, 3.05) is 0 Å². The summed E-state index contributed by atoms with van der Waals surface area (Å²) in [6.07, 6.45) is 0. The maximum atomic E-state index is 12.6. The number of benzene rings is 3. The molecule has 0 unspecified atom stereocenters. The second-order valence-electron chi connectivity index (χ2n) is 6.08. The van der Waals surface area contributed by atoms with Gasteiger partial charge in [-0.25, -0.2) is 0 Å². The van der Waals surface area contributed by atoms with Gasteiger partial charge in [-0.05, 0) is 47.5 Å². The van der Waals surface area contributed by atoms with Gasteiger partial charge in [0.1, 0.15) is 17.1 Å². The summed E-state index contributed by atoms with van der Waals surface area (Å²) in [4.78, 5) is 12.6. The van der Waals surface area contributed by atoms with Crippen LogP contribution >= 0.6 is 0 Å². The van der Waals surface area contributed by atoms with Crippen LogP contribution in [0.25, 0.3) is 21.7 Å². The molecule has 0 aliphatic heterocycles. The Hall–Kier alpha value is -3.27. The van der Waals surface area contributed by atoms with Crippen LogP contribution in [0, 0.1) is 6.92 Å². The molecule has 4 rings (SSSR count). The third-order valence-corrected chi connectivity index (χ3v) is 4.34. The van der Waals surface area contributed by atoms with Crippen LogP contribution in [0.15, 0.2) is 65.1 Å². The highest BCUT2D eigenvalue weighted by atomic mass is 16.3. The van der Waals surface area contributed by atoms with Crippen molar-refractivity contribution in [1.82, 2.24) is 5.32 Å². The molecular weight excluding hydrogens is 314 g/mol. The minimum Gasteiger partial charge on any atom is -0.508 e.